The molecule has 0 spiro atoms. The molecular weight excluding hydrogens is 663 g/mol. The molecule has 4 aromatic carbocycles. The van der Waals surface area contributed by atoms with E-state index in [1.807, 2.05) is 24.3 Å². The quantitative estimate of drug-likeness (QED) is 0.121. The van der Waals surface area contributed by atoms with E-state index in [4.69, 9.17) is 17.0 Å². The standard InChI is InChI=1S/C33H37Br2N2OPS/c1-4-25(2)32(37-33(40)36-28-19-21-29(38-3)22-20-28)24-39(35,30-11-7-5-8-12-30,31-13-9-6-10-14-31)23-26-15-17-27(34)18-16-26/h5-22,25,32H,4,23-24H2,1-3H3,(H2,36,37,40)/t25-,32+/m0/s1. The van der Waals surface area contributed by atoms with Gasteiger partial charge in [0.2, 0.25) is 0 Å². The number of benzene rings is 4. The molecule has 0 aliphatic rings. The molecule has 210 valence electrons. The molecule has 0 fully saturated rings. The maximum absolute atomic E-state index is 5.88. The number of anilines is 1. The fourth-order valence-electron chi connectivity index (χ4n) is 5.19. The van der Waals surface area contributed by atoms with Gasteiger partial charge in [0.05, 0.1) is 0 Å². The summed E-state index contributed by atoms with van der Waals surface area (Å²) in [4.78, 5) is 0. The second-order valence-corrected chi connectivity index (χ2v) is 21.3. The summed E-state index contributed by atoms with van der Waals surface area (Å²) in [5.41, 5.74) is 2.23. The molecular formula is C33H37Br2N2OPS. The molecule has 4 aromatic rings. The van der Waals surface area contributed by atoms with Crippen LogP contribution in [0.2, 0.25) is 0 Å². The maximum atomic E-state index is 5.88. The van der Waals surface area contributed by atoms with Crippen molar-refractivity contribution >= 4 is 70.4 Å². The van der Waals surface area contributed by atoms with Gasteiger partial charge >= 0.3 is 262 Å². The Morgan fingerprint density at radius 1 is 0.850 bits per heavy atom. The molecule has 0 aliphatic heterocycles. The van der Waals surface area contributed by atoms with E-state index in [1.165, 1.54) is 16.2 Å². The molecule has 7 heteroatoms. The van der Waals surface area contributed by atoms with Crippen LogP contribution in [0.15, 0.2) is 114 Å². The van der Waals surface area contributed by atoms with Gasteiger partial charge in [-0.15, -0.1) is 0 Å². The average molecular weight is 701 g/mol. The molecule has 0 saturated heterocycles. The summed E-state index contributed by atoms with van der Waals surface area (Å²) in [5, 5.41) is 7.43. The molecule has 2 N–H and O–H groups in total. The number of hydrogen-bond acceptors (Lipinski definition) is 2. The number of hydrogen-bond donors (Lipinski definition) is 2. The number of methoxy groups -OCH3 is 1. The molecule has 0 bridgehead atoms. The zero-order valence-corrected chi connectivity index (χ0v) is 28.1. The van der Waals surface area contributed by atoms with Crippen LogP contribution in [0.5, 0.6) is 5.75 Å². The van der Waals surface area contributed by atoms with Gasteiger partial charge in [0.1, 0.15) is 0 Å². The molecule has 0 saturated carbocycles. The van der Waals surface area contributed by atoms with Gasteiger partial charge in [-0.2, -0.15) is 0 Å². The van der Waals surface area contributed by atoms with E-state index in [0.717, 1.165) is 34.7 Å². The van der Waals surface area contributed by atoms with Crippen molar-refractivity contribution in [2.24, 2.45) is 5.92 Å². The van der Waals surface area contributed by atoms with Crippen LogP contribution < -0.4 is 26.0 Å². The Morgan fingerprint density at radius 2 is 1.40 bits per heavy atom. The number of nitrogens with one attached hydrogen (secondary N) is 2. The van der Waals surface area contributed by atoms with Crippen molar-refractivity contribution in [1.29, 1.82) is 0 Å². The van der Waals surface area contributed by atoms with Gasteiger partial charge in [0.25, 0.3) is 0 Å². The van der Waals surface area contributed by atoms with Crippen LogP contribution in [-0.4, -0.2) is 24.4 Å². The fourth-order valence-corrected chi connectivity index (χ4v) is 14.1. The second-order valence-electron chi connectivity index (χ2n) is 10.3. The van der Waals surface area contributed by atoms with E-state index in [2.05, 4.69) is 141 Å². The summed E-state index contributed by atoms with van der Waals surface area (Å²) in [6.45, 7) is 4.57. The monoisotopic (exact) mass is 698 g/mol. The third-order valence-electron chi connectivity index (χ3n) is 7.69. The van der Waals surface area contributed by atoms with E-state index >= 15 is 0 Å². The molecule has 40 heavy (non-hydrogen) atoms. The third kappa shape index (κ3) is 7.15. The zero-order chi connectivity index (χ0) is 28.6. The predicted octanol–water partition coefficient (Wildman–Crippen LogP) is 8.87. The topological polar surface area (TPSA) is 33.3 Å². The predicted molar refractivity (Wildman–Crippen MR) is 186 cm³/mol. The van der Waals surface area contributed by atoms with Crippen molar-refractivity contribution in [2.45, 2.75) is 32.5 Å². The molecule has 0 aliphatic carbocycles. The summed E-state index contributed by atoms with van der Waals surface area (Å²) in [6, 6.07) is 38.7. The van der Waals surface area contributed by atoms with E-state index in [0.29, 0.717) is 11.0 Å². The minimum atomic E-state index is -3.01. The molecule has 2 atom stereocenters. The first-order chi connectivity index (χ1) is 19.2. The molecule has 0 amide bonds. The van der Waals surface area contributed by atoms with Crippen LogP contribution in [-0.2, 0) is 6.16 Å². The van der Waals surface area contributed by atoms with E-state index in [1.54, 1.807) is 7.11 Å². The molecule has 4 rings (SSSR count). The Bertz CT molecular complexity index is 1350. The van der Waals surface area contributed by atoms with Gasteiger partial charge in [-0.3, -0.25) is 0 Å². The van der Waals surface area contributed by atoms with Crippen molar-refractivity contribution in [1.82, 2.24) is 5.32 Å². The molecule has 0 aromatic heterocycles. The first kappa shape index (κ1) is 30.7. The van der Waals surface area contributed by atoms with Crippen LogP contribution in [0.1, 0.15) is 25.8 Å². The summed E-state index contributed by atoms with van der Waals surface area (Å²) >= 11 is 14.1. The Kier molecular flexibility index (Phi) is 10.5. The van der Waals surface area contributed by atoms with Gasteiger partial charge in [-0.05, 0) is 0 Å². The van der Waals surface area contributed by atoms with Crippen LogP contribution in [0.3, 0.4) is 0 Å². The van der Waals surface area contributed by atoms with Crippen molar-refractivity contribution in [3.63, 3.8) is 0 Å². The Labute approximate surface area is 260 Å². The summed E-state index contributed by atoms with van der Waals surface area (Å²) in [7, 11) is 1.67. The number of thiocarbonyl (C=S) groups is 1. The Hall–Kier alpha value is -2.24. The van der Waals surface area contributed by atoms with Crippen LogP contribution >= 0.6 is 48.9 Å². The van der Waals surface area contributed by atoms with E-state index < -0.39 is 5.31 Å². The summed E-state index contributed by atoms with van der Waals surface area (Å²) in [5.74, 6) is 1.20. The van der Waals surface area contributed by atoms with Crippen molar-refractivity contribution in [3.8, 4) is 5.75 Å². The van der Waals surface area contributed by atoms with Crippen LogP contribution in [0.25, 0.3) is 0 Å². The van der Waals surface area contributed by atoms with Crippen molar-refractivity contribution < 1.29 is 4.74 Å². The normalized spacial score (nSPS) is 13.9. The summed E-state index contributed by atoms with van der Waals surface area (Å²) in [6.07, 6.45) is 2.82. The van der Waals surface area contributed by atoms with Gasteiger partial charge in [0, 0.05) is 0 Å². The second kappa shape index (κ2) is 13.6. The van der Waals surface area contributed by atoms with Gasteiger partial charge in [0.15, 0.2) is 0 Å². The molecule has 0 unspecified atom stereocenters. The SMILES string of the molecule is CC[C@H](C)[C@@H](CP(Br)(Cc1ccc(Br)cc1)(c1ccccc1)c1ccccc1)NC(=S)Nc1ccc(OC)cc1. The average Bonchev–Trinajstić information content (AvgIpc) is 2.99. The first-order valence-electron chi connectivity index (χ1n) is 13.5. The van der Waals surface area contributed by atoms with Crippen molar-refractivity contribution in [3.05, 3.63) is 119 Å². The van der Waals surface area contributed by atoms with Gasteiger partial charge < -0.3 is 0 Å². The third-order valence-corrected chi connectivity index (χ3v) is 17.7. The van der Waals surface area contributed by atoms with Crippen molar-refractivity contribution in [2.75, 3.05) is 18.6 Å². The van der Waals surface area contributed by atoms with E-state index in [9.17, 15) is 0 Å². The van der Waals surface area contributed by atoms with Crippen LogP contribution in [0, 0.1) is 5.92 Å². The fraction of sp³-hybridized carbons (Fsp3) is 0.242. The zero-order valence-electron chi connectivity index (χ0n) is 23.2. The number of rotatable bonds is 11. The first-order valence-corrected chi connectivity index (χ1v) is 19.4. The molecule has 0 radical (unpaired) electrons. The van der Waals surface area contributed by atoms with Gasteiger partial charge in [-0.1, -0.05) is 0 Å². The van der Waals surface area contributed by atoms with Crippen LogP contribution in [0.4, 0.5) is 5.69 Å². The summed E-state index contributed by atoms with van der Waals surface area (Å²) < 4.78 is 6.39. The number of halogens is 2. The number of ether oxygens (including phenoxy) is 1. The van der Waals surface area contributed by atoms with E-state index in [-0.39, 0.29) is 6.04 Å². The minimum absolute atomic E-state index is 0.121. The Balaban J connectivity index is 1.78. The Morgan fingerprint density at radius 3 is 1.90 bits per heavy atom. The molecule has 0 heterocycles. The molecule has 3 nitrogen and oxygen atoms in total. The van der Waals surface area contributed by atoms with Gasteiger partial charge in [-0.25, -0.2) is 0 Å².